The SMILES string of the molecule is Cc1cccc2c1CC[C@@H](CN1CCC(c3cccc(F)c3)CC1)C[C@H]2O.Cl. The molecule has 2 aromatic carbocycles. The zero-order chi connectivity index (χ0) is 18.8. The third-order valence-corrected chi connectivity index (χ3v) is 6.59. The second-order valence-corrected chi connectivity index (χ2v) is 8.43. The topological polar surface area (TPSA) is 23.5 Å². The van der Waals surface area contributed by atoms with Gasteiger partial charge in [0, 0.05) is 6.54 Å². The van der Waals surface area contributed by atoms with Crippen molar-refractivity contribution in [2.75, 3.05) is 19.6 Å². The maximum Gasteiger partial charge on any atom is 0.123 e. The molecule has 2 nitrogen and oxygen atoms in total. The molecule has 2 aliphatic rings. The fourth-order valence-electron chi connectivity index (χ4n) is 5.03. The van der Waals surface area contributed by atoms with E-state index in [2.05, 4.69) is 36.1 Å². The minimum atomic E-state index is -0.336. The van der Waals surface area contributed by atoms with Gasteiger partial charge in [0.1, 0.15) is 5.82 Å². The van der Waals surface area contributed by atoms with E-state index >= 15 is 0 Å². The van der Waals surface area contributed by atoms with Crippen molar-refractivity contribution < 1.29 is 9.50 Å². The highest BCUT2D eigenvalue weighted by molar-refractivity contribution is 5.85. The Morgan fingerprint density at radius 3 is 2.57 bits per heavy atom. The third kappa shape index (κ3) is 4.76. The molecule has 0 radical (unpaired) electrons. The summed E-state index contributed by atoms with van der Waals surface area (Å²) in [6.07, 6.45) is 4.94. The van der Waals surface area contributed by atoms with Crippen LogP contribution in [0.2, 0.25) is 0 Å². The minimum Gasteiger partial charge on any atom is -0.388 e. The lowest BCUT2D eigenvalue weighted by atomic mass is 9.88. The summed E-state index contributed by atoms with van der Waals surface area (Å²) < 4.78 is 13.5. The molecule has 0 saturated carbocycles. The molecule has 1 heterocycles. The van der Waals surface area contributed by atoms with Crippen LogP contribution in [-0.4, -0.2) is 29.6 Å². The van der Waals surface area contributed by atoms with Crippen LogP contribution >= 0.6 is 12.4 Å². The van der Waals surface area contributed by atoms with Gasteiger partial charge in [0.25, 0.3) is 0 Å². The van der Waals surface area contributed by atoms with Crippen molar-refractivity contribution in [1.29, 1.82) is 0 Å². The Hall–Kier alpha value is -1.42. The quantitative estimate of drug-likeness (QED) is 0.691. The second kappa shape index (κ2) is 9.39. The van der Waals surface area contributed by atoms with Gasteiger partial charge < -0.3 is 10.0 Å². The van der Waals surface area contributed by atoms with Crippen molar-refractivity contribution in [2.45, 2.75) is 51.0 Å². The first-order chi connectivity index (χ1) is 13.1. The van der Waals surface area contributed by atoms with E-state index in [4.69, 9.17) is 0 Å². The molecule has 0 amide bonds. The summed E-state index contributed by atoms with van der Waals surface area (Å²) in [4.78, 5) is 2.55. The zero-order valence-electron chi connectivity index (χ0n) is 16.6. The van der Waals surface area contributed by atoms with Crippen molar-refractivity contribution in [2.24, 2.45) is 5.92 Å². The maximum absolute atomic E-state index is 13.5. The number of aliphatic hydroxyl groups is 1. The van der Waals surface area contributed by atoms with Crippen LogP contribution in [0.3, 0.4) is 0 Å². The number of nitrogens with zero attached hydrogens (tertiary/aromatic N) is 1. The van der Waals surface area contributed by atoms with Crippen molar-refractivity contribution in [3.63, 3.8) is 0 Å². The van der Waals surface area contributed by atoms with Gasteiger partial charge in [0.15, 0.2) is 0 Å². The molecule has 4 heteroatoms. The number of benzene rings is 2. The van der Waals surface area contributed by atoms with Crippen molar-refractivity contribution in [3.05, 3.63) is 70.5 Å². The van der Waals surface area contributed by atoms with Crippen LogP contribution in [0.15, 0.2) is 42.5 Å². The van der Waals surface area contributed by atoms with Gasteiger partial charge in [-0.05, 0) is 98.3 Å². The van der Waals surface area contributed by atoms with Crippen molar-refractivity contribution >= 4 is 12.4 Å². The van der Waals surface area contributed by atoms with Crippen LogP contribution in [0.5, 0.6) is 0 Å². The summed E-state index contributed by atoms with van der Waals surface area (Å²) in [6.45, 7) is 5.36. The lowest BCUT2D eigenvalue weighted by Gasteiger charge is -2.34. The molecule has 0 aromatic heterocycles. The Morgan fingerprint density at radius 1 is 1.07 bits per heavy atom. The van der Waals surface area contributed by atoms with Gasteiger partial charge in [-0.25, -0.2) is 4.39 Å². The molecule has 1 saturated heterocycles. The largest absolute Gasteiger partial charge is 0.388 e. The van der Waals surface area contributed by atoms with Gasteiger partial charge in [-0.15, -0.1) is 12.4 Å². The third-order valence-electron chi connectivity index (χ3n) is 6.59. The van der Waals surface area contributed by atoms with Gasteiger partial charge in [-0.2, -0.15) is 0 Å². The second-order valence-electron chi connectivity index (χ2n) is 8.43. The molecule has 0 unspecified atom stereocenters. The highest BCUT2D eigenvalue weighted by Crippen LogP contribution is 2.35. The summed E-state index contributed by atoms with van der Waals surface area (Å²) in [6, 6.07) is 13.4. The van der Waals surface area contributed by atoms with Gasteiger partial charge >= 0.3 is 0 Å². The number of likely N-dealkylation sites (tertiary alicyclic amines) is 1. The van der Waals surface area contributed by atoms with Gasteiger partial charge in [0.2, 0.25) is 0 Å². The number of piperidine rings is 1. The van der Waals surface area contributed by atoms with E-state index in [1.54, 1.807) is 6.07 Å². The normalized spacial score (nSPS) is 23.5. The predicted octanol–water partition coefficient (Wildman–Crippen LogP) is 5.42. The standard InChI is InChI=1S/C24H30FNO.ClH/c1-17-4-2-7-23-22(17)9-8-18(14-24(23)27)16-26-12-10-19(11-13-26)20-5-3-6-21(25)15-20;/h2-7,15,18-19,24,27H,8-14,16H2,1H3;1H/t18-,24-;/m1./s1. The monoisotopic (exact) mass is 403 g/mol. The number of hydrogen-bond donors (Lipinski definition) is 1. The summed E-state index contributed by atoms with van der Waals surface area (Å²) in [7, 11) is 0. The number of hydrogen-bond acceptors (Lipinski definition) is 2. The van der Waals surface area contributed by atoms with Gasteiger partial charge in [-0.1, -0.05) is 30.3 Å². The van der Waals surface area contributed by atoms with Crippen LogP contribution in [0.1, 0.15) is 60.0 Å². The zero-order valence-corrected chi connectivity index (χ0v) is 17.4. The van der Waals surface area contributed by atoms with E-state index in [-0.39, 0.29) is 24.3 Å². The molecule has 1 fully saturated rings. The van der Waals surface area contributed by atoms with E-state index in [1.807, 2.05) is 6.07 Å². The highest BCUT2D eigenvalue weighted by atomic mass is 35.5. The number of fused-ring (bicyclic) bond motifs is 1. The molecular formula is C24H31ClFNO. The molecule has 0 spiro atoms. The van der Waals surface area contributed by atoms with Crippen LogP contribution < -0.4 is 0 Å². The Balaban J connectivity index is 0.00000225. The minimum absolute atomic E-state index is 0. The van der Waals surface area contributed by atoms with Gasteiger partial charge in [-0.3, -0.25) is 0 Å². The molecular weight excluding hydrogens is 373 g/mol. The van der Waals surface area contributed by atoms with E-state index in [0.29, 0.717) is 11.8 Å². The molecule has 1 aliphatic heterocycles. The number of aliphatic hydroxyl groups excluding tert-OH is 1. The van der Waals surface area contributed by atoms with E-state index in [1.165, 1.54) is 17.2 Å². The Kier molecular flexibility index (Phi) is 7.14. The molecule has 2 atom stereocenters. The molecule has 4 rings (SSSR count). The molecule has 152 valence electrons. The number of halogens is 2. The number of aryl methyl sites for hydroxylation is 1. The summed E-state index contributed by atoms with van der Waals surface area (Å²) in [5.41, 5.74) is 4.95. The first-order valence-corrected chi connectivity index (χ1v) is 10.3. The smallest absolute Gasteiger partial charge is 0.123 e. The van der Waals surface area contributed by atoms with Crippen LogP contribution in [0, 0.1) is 18.7 Å². The Morgan fingerprint density at radius 2 is 1.82 bits per heavy atom. The van der Waals surface area contributed by atoms with Gasteiger partial charge in [0.05, 0.1) is 6.10 Å². The lowest BCUT2D eigenvalue weighted by molar-refractivity contribution is 0.117. The Bertz CT molecular complexity index is 788. The van der Waals surface area contributed by atoms with Crippen LogP contribution in [-0.2, 0) is 6.42 Å². The molecule has 1 N–H and O–H groups in total. The lowest BCUT2D eigenvalue weighted by Crippen LogP contribution is -2.36. The van der Waals surface area contributed by atoms with E-state index in [0.717, 1.165) is 62.9 Å². The van der Waals surface area contributed by atoms with Crippen LogP contribution in [0.25, 0.3) is 0 Å². The van der Waals surface area contributed by atoms with E-state index < -0.39 is 0 Å². The highest BCUT2D eigenvalue weighted by Gasteiger charge is 2.27. The number of rotatable bonds is 3. The van der Waals surface area contributed by atoms with Crippen molar-refractivity contribution in [3.8, 4) is 0 Å². The van der Waals surface area contributed by atoms with E-state index in [9.17, 15) is 9.50 Å². The fourth-order valence-corrected chi connectivity index (χ4v) is 5.03. The first-order valence-electron chi connectivity index (χ1n) is 10.3. The molecule has 2 aromatic rings. The average Bonchev–Trinajstić information content (AvgIpc) is 2.82. The van der Waals surface area contributed by atoms with Crippen molar-refractivity contribution in [1.82, 2.24) is 4.90 Å². The average molecular weight is 404 g/mol. The summed E-state index contributed by atoms with van der Waals surface area (Å²) in [5.74, 6) is 0.887. The van der Waals surface area contributed by atoms with Crippen LogP contribution in [0.4, 0.5) is 4.39 Å². The maximum atomic E-state index is 13.5. The molecule has 28 heavy (non-hydrogen) atoms. The predicted molar refractivity (Wildman–Crippen MR) is 115 cm³/mol. The summed E-state index contributed by atoms with van der Waals surface area (Å²) >= 11 is 0. The summed E-state index contributed by atoms with van der Waals surface area (Å²) in [5, 5.41) is 10.7. The first kappa shape index (κ1) is 21.3. The molecule has 1 aliphatic carbocycles. The Labute approximate surface area is 174 Å². The molecule has 0 bridgehead atoms. The fraction of sp³-hybridized carbons (Fsp3) is 0.500.